The van der Waals surface area contributed by atoms with Crippen LogP contribution in [0, 0.1) is 0 Å². The predicted molar refractivity (Wildman–Crippen MR) is 124 cm³/mol. The molecule has 0 fully saturated rings. The van der Waals surface area contributed by atoms with E-state index in [4.69, 9.17) is 4.74 Å². The highest BCUT2D eigenvalue weighted by atomic mass is 16.5. The van der Waals surface area contributed by atoms with E-state index in [1.165, 1.54) is 76.7 Å². The summed E-state index contributed by atoms with van der Waals surface area (Å²) in [4.78, 5) is 34.9. The molecule has 0 spiro atoms. The molecule has 0 aromatic heterocycles. The predicted octanol–water partition coefficient (Wildman–Crippen LogP) is 6.11. The van der Waals surface area contributed by atoms with E-state index >= 15 is 0 Å². The SMILES string of the molecule is CCCCCCCCCCCCCCCC(=O)Oc1ccc(C2=CC(=O)NC2=O)cc1. The first-order valence-electron chi connectivity index (χ1n) is 12.0. The summed E-state index contributed by atoms with van der Waals surface area (Å²) in [7, 11) is 0. The molecule has 1 aromatic rings. The molecular weight excluding hydrogens is 390 g/mol. The van der Waals surface area contributed by atoms with Crippen molar-refractivity contribution in [2.45, 2.75) is 96.8 Å². The van der Waals surface area contributed by atoms with Gasteiger partial charge in [-0.3, -0.25) is 19.7 Å². The van der Waals surface area contributed by atoms with Crippen molar-refractivity contribution in [2.24, 2.45) is 0 Å². The number of hydrogen-bond donors (Lipinski definition) is 1. The summed E-state index contributed by atoms with van der Waals surface area (Å²) in [6, 6.07) is 6.65. The number of rotatable bonds is 16. The Morgan fingerprint density at radius 2 is 1.29 bits per heavy atom. The van der Waals surface area contributed by atoms with E-state index in [2.05, 4.69) is 12.2 Å². The minimum Gasteiger partial charge on any atom is -0.427 e. The number of hydrogen-bond acceptors (Lipinski definition) is 4. The number of benzene rings is 1. The lowest BCUT2D eigenvalue weighted by atomic mass is 10.0. The molecule has 0 unspecified atom stereocenters. The zero-order chi connectivity index (χ0) is 22.3. The molecule has 170 valence electrons. The molecular formula is C26H37NO4. The van der Waals surface area contributed by atoms with Gasteiger partial charge in [-0.15, -0.1) is 0 Å². The molecule has 0 aliphatic carbocycles. The Hall–Kier alpha value is -2.43. The molecule has 0 bridgehead atoms. The van der Waals surface area contributed by atoms with Gasteiger partial charge in [-0.25, -0.2) is 0 Å². The maximum Gasteiger partial charge on any atom is 0.311 e. The average Bonchev–Trinajstić information content (AvgIpc) is 3.10. The van der Waals surface area contributed by atoms with Gasteiger partial charge in [-0.2, -0.15) is 0 Å². The number of nitrogens with one attached hydrogen (secondary N) is 1. The van der Waals surface area contributed by atoms with Crippen LogP contribution in [-0.4, -0.2) is 17.8 Å². The number of amides is 2. The van der Waals surface area contributed by atoms with E-state index in [1.807, 2.05) is 0 Å². The number of esters is 1. The zero-order valence-corrected chi connectivity index (χ0v) is 18.9. The Balaban J connectivity index is 1.49. The van der Waals surface area contributed by atoms with E-state index in [-0.39, 0.29) is 5.97 Å². The van der Waals surface area contributed by atoms with Crippen molar-refractivity contribution < 1.29 is 19.1 Å². The summed E-state index contributed by atoms with van der Waals surface area (Å²) in [5, 5.41) is 2.21. The monoisotopic (exact) mass is 427 g/mol. The quantitative estimate of drug-likeness (QED) is 0.149. The minimum atomic E-state index is -0.409. The topological polar surface area (TPSA) is 72.5 Å². The highest BCUT2D eigenvalue weighted by Gasteiger charge is 2.22. The molecule has 2 amide bonds. The van der Waals surface area contributed by atoms with Gasteiger partial charge < -0.3 is 4.74 Å². The van der Waals surface area contributed by atoms with Gasteiger partial charge in [0.05, 0.1) is 5.57 Å². The normalized spacial score (nSPS) is 13.3. The van der Waals surface area contributed by atoms with Gasteiger partial charge in [-0.05, 0) is 24.1 Å². The average molecular weight is 428 g/mol. The second kappa shape index (κ2) is 14.6. The molecule has 1 aliphatic heterocycles. The first kappa shape index (κ1) is 24.8. The maximum atomic E-state index is 12.0. The van der Waals surface area contributed by atoms with E-state index < -0.39 is 11.8 Å². The Labute approximate surface area is 186 Å². The molecule has 31 heavy (non-hydrogen) atoms. The molecule has 1 heterocycles. The van der Waals surface area contributed by atoms with Crippen LogP contribution in [0.2, 0.25) is 0 Å². The lowest BCUT2D eigenvalue weighted by Crippen LogP contribution is -2.21. The minimum absolute atomic E-state index is 0.233. The number of ether oxygens (including phenoxy) is 1. The molecule has 1 aliphatic rings. The van der Waals surface area contributed by atoms with E-state index in [0.29, 0.717) is 23.3 Å². The lowest BCUT2D eigenvalue weighted by molar-refractivity contribution is -0.134. The van der Waals surface area contributed by atoms with Gasteiger partial charge >= 0.3 is 5.97 Å². The van der Waals surface area contributed by atoms with Crippen LogP contribution in [0.4, 0.5) is 0 Å². The van der Waals surface area contributed by atoms with Gasteiger partial charge in [0.15, 0.2) is 0 Å². The van der Waals surface area contributed by atoms with Crippen LogP contribution >= 0.6 is 0 Å². The van der Waals surface area contributed by atoms with Crippen molar-refractivity contribution >= 4 is 23.4 Å². The van der Waals surface area contributed by atoms with Crippen molar-refractivity contribution in [3.63, 3.8) is 0 Å². The second-order valence-corrected chi connectivity index (χ2v) is 8.37. The largest absolute Gasteiger partial charge is 0.427 e. The third-order valence-electron chi connectivity index (χ3n) is 5.64. The molecule has 0 saturated carbocycles. The van der Waals surface area contributed by atoms with Crippen LogP contribution in [0.3, 0.4) is 0 Å². The van der Waals surface area contributed by atoms with E-state index in [1.54, 1.807) is 24.3 Å². The van der Waals surface area contributed by atoms with Crippen LogP contribution in [0.1, 0.15) is 102 Å². The summed E-state index contributed by atoms with van der Waals surface area (Å²) in [5.74, 6) is -0.594. The third kappa shape index (κ3) is 9.95. The molecule has 2 rings (SSSR count). The Morgan fingerprint density at radius 3 is 1.77 bits per heavy atom. The number of carbonyl (C=O) groups excluding carboxylic acids is 3. The van der Waals surface area contributed by atoms with Crippen LogP contribution in [0.25, 0.3) is 5.57 Å². The molecule has 0 radical (unpaired) electrons. The highest BCUT2D eigenvalue weighted by molar-refractivity contribution is 6.33. The number of imide groups is 1. The fourth-order valence-corrected chi connectivity index (χ4v) is 3.80. The summed E-state index contributed by atoms with van der Waals surface area (Å²) in [6.07, 6.45) is 18.2. The fraction of sp³-hybridized carbons (Fsp3) is 0.577. The summed E-state index contributed by atoms with van der Waals surface area (Å²) < 4.78 is 5.36. The van der Waals surface area contributed by atoms with Crippen molar-refractivity contribution in [3.05, 3.63) is 35.9 Å². The first-order valence-corrected chi connectivity index (χ1v) is 12.0. The van der Waals surface area contributed by atoms with Gasteiger partial charge in [-0.1, -0.05) is 96.1 Å². The van der Waals surface area contributed by atoms with Crippen LogP contribution in [-0.2, 0) is 14.4 Å². The summed E-state index contributed by atoms with van der Waals surface area (Å²) >= 11 is 0. The van der Waals surface area contributed by atoms with Crippen LogP contribution < -0.4 is 10.1 Å². The molecule has 1 aromatic carbocycles. The van der Waals surface area contributed by atoms with Gasteiger partial charge in [0, 0.05) is 12.5 Å². The van der Waals surface area contributed by atoms with Gasteiger partial charge in [0.25, 0.3) is 11.8 Å². The third-order valence-corrected chi connectivity index (χ3v) is 5.64. The highest BCUT2D eigenvalue weighted by Crippen LogP contribution is 2.22. The molecule has 1 N–H and O–H groups in total. The number of carbonyl (C=O) groups is 3. The maximum absolute atomic E-state index is 12.0. The Morgan fingerprint density at radius 1 is 0.774 bits per heavy atom. The van der Waals surface area contributed by atoms with E-state index in [0.717, 1.165) is 12.8 Å². The smallest absolute Gasteiger partial charge is 0.311 e. The van der Waals surface area contributed by atoms with Crippen molar-refractivity contribution in [3.8, 4) is 5.75 Å². The fourth-order valence-electron chi connectivity index (χ4n) is 3.80. The van der Waals surface area contributed by atoms with Crippen molar-refractivity contribution in [2.75, 3.05) is 0 Å². The lowest BCUT2D eigenvalue weighted by Gasteiger charge is -2.06. The first-order chi connectivity index (χ1) is 15.1. The Kier molecular flexibility index (Phi) is 11.7. The Bertz CT molecular complexity index is 736. The van der Waals surface area contributed by atoms with Crippen LogP contribution in [0.5, 0.6) is 5.75 Å². The standard InChI is InChI=1S/C26H37NO4/c1-2-3-4-5-6-7-8-9-10-11-12-13-14-15-25(29)31-22-18-16-21(17-19-22)23-20-24(28)27-26(23)30/h16-20H,2-15H2,1H3,(H,27,28,30). The summed E-state index contributed by atoms with van der Waals surface area (Å²) in [6.45, 7) is 2.26. The van der Waals surface area contributed by atoms with E-state index in [9.17, 15) is 14.4 Å². The van der Waals surface area contributed by atoms with Crippen molar-refractivity contribution in [1.29, 1.82) is 0 Å². The van der Waals surface area contributed by atoms with Crippen LogP contribution in [0.15, 0.2) is 30.3 Å². The zero-order valence-electron chi connectivity index (χ0n) is 18.9. The second-order valence-electron chi connectivity index (χ2n) is 8.37. The molecule has 5 nitrogen and oxygen atoms in total. The van der Waals surface area contributed by atoms with Gasteiger partial charge in [0.2, 0.25) is 0 Å². The van der Waals surface area contributed by atoms with Gasteiger partial charge in [0.1, 0.15) is 5.75 Å². The molecule has 0 saturated heterocycles. The number of unbranched alkanes of at least 4 members (excludes halogenated alkanes) is 12. The summed E-state index contributed by atoms with van der Waals surface area (Å²) in [5.41, 5.74) is 0.953. The molecule has 5 heteroatoms. The van der Waals surface area contributed by atoms with Crippen molar-refractivity contribution in [1.82, 2.24) is 5.32 Å². The molecule has 0 atom stereocenters.